The SMILES string of the molecule is Cc1conc1-c1cc(C)n2ncc(C(=O)O)c2n1. The van der Waals surface area contributed by atoms with Gasteiger partial charge in [-0.05, 0) is 19.9 Å². The van der Waals surface area contributed by atoms with Crippen molar-refractivity contribution in [2.24, 2.45) is 0 Å². The van der Waals surface area contributed by atoms with Crippen LogP contribution in [0.2, 0.25) is 0 Å². The van der Waals surface area contributed by atoms with Gasteiger partial charge in [0.15, 0.2) is 5.65 Å². The molecule has 0 amide bonds. The Hall–Kier alpha value is -2.70. The lowest BCUT2D eigenvalue weighted by Crippen LogP contribution is -2.01. The molecule has 0 saturated carbocycles. The molecule has 0 unspecified atom stereocenters. The van der Waals surface area contributed by atoms with Crippen molar-refractivity contribution in [1.82, 2.24) is 19.8 Å². The summed E-state index contributed by atoms with van der Waals surface area (Å²) in [5.74, 6) is -1.06. The summed E-state index contributed by atoms with van der Waals surface area (Å²) in [6, 6.07) is 1.79. The predicted octanol–water partition coefficient (Wildman–Crippen LogP) is 1.70. The summed E-state index contributed by atoms with van der Waals surface area (Å²) in [5, 5.41) is 17.0. The molecule has 0 saturated heterocycles. The molecule has 1 N–H and O–H groups in total. The number of fused-ring (bicyclic) bond motifs is 1. The van der Waals surface area contributed by atoms with E-state index in [2.05, 4.69) is 15.2 Å². The van der Waals surface area contributed by atoms with Gasteiger partial charge in [-0.25, -0.2) is 14.3 Å². The van der Waals surface area contributed by atoms with Crippen molar-refractivity contribution in [3.8, 4) is 11.4 Å². The van der Waals surface area contributed by atoms with Gasteiger partial charge in [0.05, 0.1) is 11.9 Å². The Morgan fingerprint density at radius 2 is 2.21 bits per heavy atom. The zero-order valence-electron chi connectivity index (χ0n) is 10.3. The molecule has 0 spiro atoms. The van der Waals surface area contributed by atoms with Gasteiger partial charge >= 0.3 is 5.97 Å². The molecular formula is C12H10N4O3. The minimum atomic E-state index is -1.06. The maximum Gasteiger partial charge on any atom is 0.341 e. The molecule has 19 heavy (non-hydrogen) atoms. The summed E-state index contributed by atoms with van der Waals surface area (Å²) >= 11 is 0. The zero-order valence-corrected chi connectivity index (χ0v) is 10.3. The zero-order chi connectivity index (χ0) is 13.6. The van der Waals surface area contributed by atoms with E-state index in [4.69, 9.17) is 9.63 Å². The van der Waals surface area contributed by atoms with Crippen LogP contribution in [0.15, 0.2) is 23.0 Å². The third-order valence-corrected chi connectivity index (χ3v) is 2.87. The first-order valence-electron chi connectivity index (χ1n) is 5.58. The molecule has 0 atom stereocenters. The number of rotatable bonds is 2. The van der Waals surface area contributed by atoms with E-state index in [1.807, 2.05) is 13.8 Å². The van der Waals surface area contributed by atoms with Gasteiger partial charge in [0.1, 0.15) is 17.5 Å². The molecule has 0 fully saturated rings. The number of hydrogen-bond donors (Lipinski definition) is 1. The van der Waals surface area contributed by atoms with Crippen LogP contribution in [-0.2, 0) is 0 Å². The van der Waals surface area contributed by atoms with Crippen LogP contribution in [0.25, 0.3) is 17.0 Å². The van der Waals surface area contributed by atoms with E-state index in [9.17, 15) is 4.79 Å². The summed E-state index contributed by atoms with van der Waals surface area (Å²) < 4.78 is 6.37. The highest BCUT2D eigenvalue weighted by atomic mass is 16.5. The molecule has 0 radical (unpaired) electrons. The molecule has 0 aliphatic rings. The second-order valence-corrected chi connectivity index (χ2v) is 4.23. The van der Waals surface area contributed by atoms with E-state index in [1.165, 1.54) is 17.0 Å². The van der Waals surface area contributed by atoms with E-state index in [-0.39, 0.29) is 5.56 Å². The Labute approximate surface area is 107 Å². The molecule has 7 nitrogen and oxygen atoms in total. The van der Waals surface area contributed by atoms with Crippen LogP contribution < -0.4 is 0 Å². The molecule has 0 aromatic carbocycles. The molecule has 96 valence electrons. The smallest absolute Gasteiger partial charge is 0.341 e. The number of carboxylic acid groups (broad SMARTS) is 1. The molecule has 3 rings (SSSR count). The van der Waals surface area contributed by atoms with Gasteiger partial charge in [-0.1, -0.05) is 5.16 Å². The van der Waals surface area contributed by atoms with Gasteiger partial charge in [-0.15, -0.1) is 0 Å². The van der Waals surface area contributed by atoms with E-state index < -0.39 is 5.97 Å². The number of hydrogen-bond acceptors (Lipinski definition) is 5. The summed E-state index contributed by atoms with van der Waals surface area (Å²) in [6.45, 7) is 3.67. The third kappa shape index (κ3) is 1.67. The van der Waals surface area contributed by atoms with Crippen LogP contribution in [0, 0.1) is 13.8 Å². The average Bonchev–Trinajstić information content (AvgIpc) is 2.94. The topological polar surface area (TPSA) is 93.5 Å². The van der Waals surface area contributed by atoms with Gasteiger partial charge in [-0.2, -0.15) is 5.10 Å². The van der Waals surface area contributed by atoms with Crippen LogP contribution in [0.4, 0.5) is 0 Å². The Kier molecular flexibility index (Phi) is 2.34. The van der Waals surface area contributed by atoms with E-state index in [0.717, 1.165) is 11.3 Å². The normalized spacial score (nSPS) is 11.1. The lowest BCUT2D eigenvalue weighted by atomic mass is 10.2. The van der Waals surface area contributed by atoms with Gasteiger partial charge in [0.2, 0.25) is 0 Å². The first kappa shape index (κ1) is 11.4. The van der Waals surface area contributed by atoms with Crippen LogP contribution in [0.1, 0.15) is 21.6 Å². The molecule has 7 heteroatoms. The average molecular weight is 258 g/mol. The number of carboxylic acids is 1. The Morgan fingerprint density at radius 1 is 1.42 bits per heavy atom. The fourth-order valence-electron chi connectivity index (χ4n) is 1.92. The van der Waals surface area contributed by atoms with Crippen molar-refractivity contribution < 1.29 is 14.4 Å². The second kappa shape index (κ2) is 3.91. The molecule has 0 bridgehead atoms. The first-order chi connectivity index (χ1) is 9.08. The number of aromatic carboxylic acids is 1. The van der Waals surface area contributed by atoms with Crippen molar-refractivity contribution in [2.75, 3.05) is 0 Å². The second-order valence-electron chi connectivity index (χ2n) is 4.23. The number of carbonyl (C=O) groups is 1. The fourth-order valence-corrected chi connectivity index (χ4v) is 1.92. The summed E-state index contributed by atoms with van der Waals surface area (Å²) in [6.07, 6.45) is 2.81. The third-order valence-electron chi connectivity index (χ3n) is 2.87. The molecular weight excluding hydrogens is 248 g/mol. The maximum atomic E-state index is 11.1. The van der Waals surface area contributed by atoms with Gasteiger partial charge in [0, 0.05) is 11.3 Å². The summed E-state index contributed by atoms with van der Waals surface area (Å²) in [5.41, 5.74) is 3.14. The van der Waals surface area contributed by atoms with Crippen LogP contribution in [-0.4, -0.2) is 30.8 Å². The Bertz CT molecular complexity index is 787. The van der Waals surface area contributed by atoms with Crippen LogP contribution >= 0.6 is 0 Å². The van der Waals surface area contributed by atoms with Gasteiger partial charge in [-0.3, -0.25) is 0 Å². The van der Waals surface area contributed by atoms with Crippen molar-refractivity contribution in [3.63, 3.8) is 0 Å². The van der Waals surface area contributed by atoms with E-state index in [0.29, 0.717) is 17.0 Å². The molecule has 3 aromatic rings. The van der Waals surface area contributed by atoms with E-state index in [1.54, 1.807) is 6.07 Å². The Balaban J connectivity index is 2.31. The molecule has 3 aromatic heterocycles. The lowest BCUT2D eigenvalue weighted by Gasteiger charge is -2.03. The highest BCUT2D eigenvalue weighted by Crippen LogP contribution is 2.22. The molecule has 0 aliphatic carbocycles. The van der Waals surface area contributed by atoms with Crippen molar-refractivity contribution in [1.29, 1.82) is 0 Å². The molecule has 0 aliphatic heterocycles. The summed E-state index contributed by atoms with van der Waals surface area (Å²) in [4.78, 5) is 15.4. The van der Waals surface area contributed by atoms with Gasteiger partial charge in [0.25, 0.3) is 0 Å². The minimum Gasteiger partial charge on any atom is -0.477 e. The lowest BCUT2D eigenvalue weighted by molar-refractivity contribution is 0.0699. The first-order valence-corrected chi connectivity index (χ1v) is 5.58. The van der Waals surface area contributed by atoms with Crippen molar-refractivity contribution in [3.05, 3.63) is 35.3 Å². The predicted molar refractivity (Wildman–Crippen MR) is 64.9 cm³/mol. The number of aromatic nitrogens is 4. The summed E-state index contributed by atoms with van der Waals surface area (Å²) in [7, 11) is 0. The number of aryl methyl sites for hydroxylation is 2. The Morgan fingerprint density at radius 3 is 2.84 bits per heavy atom. The monoisotopic (exact) mass is 258 g/mol. The fraction of sp³-hybridized carbons (Fsp3) is 0.167. The largest absolute Gasteiger partial charge is 0.477 e. The minimum absolute atomic E-state index is 0.0612. The van der Waals surface area contributed by atoms with Gasteiger partial charge < -0.3 is 9.63 Å². The number of nitrogens with zero attached hydrogens (tertiary/aromatic N) is 4. The quantitative estimate of drug-likeness (QED) is 0.751. The highest BCUT2D eigenvalue weighted by Gasteiger charge is 2.17. The van der Waals surface area contributed by atoms with Crippen LogP contribution in [0.3, 0.4) is 0 Å². The highest BCUT2D eigenvalue weighted by molar-refractivity contribution is 5.94. The van der Waals surface area contributed by atoms with Crippen molar-refractivity contribution in [2.45, 2.75) is 13.8 Å². The molecule has 3 heterocycles. The van der Waals surface area contributed by atoms with E-state index >= 15 is 0 Å². The maximum absolute atomic E-state index is 11.1. The standard InChI is InChI=1S/C12H10N4O3/c1-6-5-19-15-10(6)9-3-7(2)16-11(14-9)8(4-13-16)12(17)18/h3-5H,1-2H3,(H,17,18). The van der Waals surface area contributed by atoms with Crippen molar-refractivity contribution >= 4 is 11.6 Å². The van der Waals surface area contributed by atoms with Crippen LogP contribution in [0.5, 0.6) is 0 Å².